The fourth-order valence-corrected chi connectivity index (χ4v) is 2.29. The third-order valence-corrected chi connectivity index (χ3v) is 3.50. The first-order chi connectivity index (χ1) is 11.7. The van der Waals surface area contributed by atoms with Crippen molar-refractivity contribution in [3.63, 3.8) is 0 Å². The maximum atomic E-state index is 13.8. The Morgan fingerprint density at radius 2 is 1.71 bits per heavy atom. The molecule has 4 heteroatoms. The van der Waals surface area contributed by atoms with Crippen LogP contribution in [0.15, 0.2) is 65.1 Å². The summed E-state index contributed by atoms with van der Waals surface area (Å²) in [6.07, 6.45) is 1.51. The third-order valence-electron chi connectivity index (χ3n) is 3.50. The molecule has 1 heterocycles. The number of allylic oxidation sites excluding steroid dienone is 1. The molecule has 0 aliphatic carbocycles. The Morgan fingerprint density at radius 1 is 0.958 bits per heavy atom. The van der Waals surface area contributed by atoms with Gasteiger partial charge in [-0.25, -0.2) is 4.39 Å². The van der Waals surface area contributed by atoms with E-state index in [0.29, 0.717) is 17.1 Å². The van der Waals surface area contributed by atoms with Gasteiger partial charge in [0.05, 0.1) is 23.3 Å². The van der Waals surface area contributed by atoms with Gasteiger partial charge in [-0.1, -0.05) is 18.2 Å². The van der Waals surface area contributed by atoms with E-state index >= 15 is 0 Å². The van der Waals surface area contributed by atoms with Crippen molar-refractivity contribution >= 4 is 11.6 Å². The van der Waals surface area contributed by atoms with Crippen LogP contribution in [-0.4, -0.2) is 0 Å². The SMILES string of the molecule is N#C/C(=C/c1ccc(-c2ccc(C#N)cc2)o1)c1ccccc1F. The highest BCUT2D eigenvalue weighted by Gasteiger charge is 2.09. The monoisotopic (exact) mass is 314 g/mol. The number of rotatable bonds is 3. The standard InChI is InChI=1S/C20H11FN2O/c21-19-4-2-1-3-18(19)16(13-23)11-17-9-10-20(24-17)15-7-5-14(12-22)6-8-15/h1-11H/b16-11-. The van der Waals surface area contributed by atoms with Crippen LogP contribution in [0.5, 0.6) is 0 Å². The highest BCUT2D eigenvalue weighted by Crippen LogP contribution is 2.26. The summed E-state index contributed by atoms with van der Waals surface area (Å²) in [4.78, 5) is 0. The molecular weight excluding hydrogens is 303 g/mol. The van der Waals surface area contributed by atoms with Crippen molar-refractivity contribution in [1.29, 1.82) is 10.5 Å². The summed E-state index contributed by atoms with van der Waals surface area (Å²) in [5.74, 6) is 0.606. The van der Waals surface area contributed by atoms with Gasteiger partial charge in [0, 0.05) is 11.1 Å². The molecule has 0 aliphatic heterocycles. The minimum Gasteiger partial charge on any atom is -0.457 e. The molecule has 2 aromatic carbocycles. The molecule has 3 rings (SSSR count). The molecule has 0 saturated heterocycles. The second kappa shape index (κ2) is 6.64. The summed E-state index contributed by atoms with van der Waals surface area (Å²) in [6.45, 7) is 0. The highest BCUT2D eigenvalue weighted by atomic mass is 19.1. The molecule has 3 nitrogen and oxygen atoms in total. The quantitative estimate of drug-likeness (QED) is 0.638. The molecule has 1 aromatic heterocycles. The van der Waals surface area contributed by atoms with Crippen LogP contribution in [0.1, 0.15) is 16.9 Å². The lowest BCUT2D eigenvalue weighted by molar-refractivity contribution is 0.572. The normalized spacial score (nSPS) is 10.9. The summed E-state index contributed by atoms with van der Waals surface area (Å²) < 4.78 is 19.5. The van der Waals surface area contributed by atoms with E-state index in [1.54, 1.807) is 54.6 Å². The van der Waals surface area contributed by atoms with Crippen molar-refractivity contribution < 1.29 is 8.81 Å². The Labute approximate surface area is 138 Å². The number of hydrogen-bond donors (Lipinski definition) is 0. The van der Waals surface area contributed by atoms with E-state index in [1.807, 2.05) is 6.07 Å². The average molecular weight is 314 g/mol. The van der Waals surface area contributed by atoms with Gasteiger partial charge in [0.1, 0.15) is 17.3 Å². The fourth-order valence-electron chi connectivity index (χ4n) is 2.29. The molecule has 0 amide bonds. The average Bonchev–Trinajstić information content (AvgIpc) is 3.09. The van der Waals surface area contributed by atoms with Gasteiger partial charge in [-0.05, 0) is 48.5 Å². The van der Waals surface area contributed by atoms with E-state index in [-0.39, 0.29) is 11.1 Å². The Bertz CT molecular complexity index is 985. The van der Waals surface area contributed by atoms with Crippen molar-refractivity contribution in [3.8, 4) is 23.5 Å². The number of furan rings is 1. The minimum absolute atomic E-state index is 0.189. The molecule has 0 N–H and O–H groups in total. The predicted octanol–water partition coefficient (Wildman–Crippen LogP) is 5.02. The molecule has 0 fully saturated rings. The first-order valence-corrected chi connectivity index (χ1v) is 7.18. The van der Waals surface area contributed by atoms with Crippen LogP contribution in [0.3, 0.4) is 0 Å². The van der Waals surface area contributed by atoms with Crippen LogP contribution in [-0.2, 0) is 0 Å². The molecule has 24 heavy (non-hydrogen) atoms. The zero-order valence-corrected chi connectivity index (χ0v) is 12.5. The summed E-state index contributed by atoms with van der Waals surface area (Å²) in [6, 6.07) is 20.6. The molecule has 3 aromatic rings. The lowest BCUT2D eigenvalue weighted by Crippen LogP contribution is -1.86. The molecule has 0 saturated carbocycles. The highest BCUT2D eigenvalue weighted by molar-refractivity contribution is 5.89. The van der Waals surface area contributed by atoms with Crippen LogP contribution in [0.25, 0.3) is 23.0 Å². The number of hydrogen-bond acceptors (Lipinski definition) is 3. The Hall–Kier alpha value is -3.63. The van der Waals surface area contributed by atoms with Gasteiger partial charge in [0.15, 0.2) is 0 Å². The summed E-state index contributed by atoms with van der Waals surface area (Å²) >= 11 is 0. The van der Waals surface area contributed by atoms with E-state index in [2.05, 4.69) is 6.07 Å². The molecular formula is C20H11FN2O. The largest absolute Gasteiger partial charge is 0.457 e. The molecule has 0 bridgehead atoms. The van der Waals surface area contributed by atoms with E-state index in [9.17, 15) is 9.65 Å². The molecule has 0 unspecified atom stereocenters. The molecule has 114 valence electrons. The van der Waals surface area contributed by atoms with Crippen LogP contribution in [0, 0.1) is 28.5 Å². The van der Waals surface area contributed by atoms with Gasteiger partial charge >= 0.3 is 0 Å². The first kappa shape index (κ1) is 15.3. The van der Waals surface area contributed by atoms with Gasteiger partial charge < -0.3 is 4.42 Å². The summed E-state index contributed by atoms with van der Waals surface area (Å²) in [7, 11) is 0. The number of benzene rings is 2. The van der Waals surface area contributed by atoms with E-state index in [0.717, 1.165) is 5.56 Å². The van der Waals surface area contributed by atoms with Gasteiger partial charge in [-0.3, -0.25) is 0 Å². The van der Waals surface area contributed by atoms with Crippen molar-refractivity contribution in [2.75, 3.05) is 0 Å². The maximum Gasteiger partial charge on any atom is 0.134 e. The van der Waals surface area contributed by atoms with E-state index in [1.165, 1.54) is 12.1 Å². The van der Waals surface area contributed by atoms with Crippen LogP contribution in [0.2, 0.25) is 0 Å². The molecule has 0 spiro atoms. The van der Waals surface area contributed by atoms with Gasteiger partial charge in [0.2, 0.25) is 0 Å². The van der Waals surface area contributed by atoms with Crippen LogP contribution in [0.4, 0.5) is 4.39 Å². The van der Waals surface area contributed by atoms with Crippen molar-refractivity contribution in [2.45, 2.75) is 0 Å². The topological polar surface area (TPSA) is 60.7 Å². The maximum absolute atomic E-state index is 13.8. The fraction of sp³-hybridized carbons (Fsp3) is 0. The Morgan fingerprint density at radius 3 is 2.38 bits per heavy atom. The smallest absolute Gasteiger partial charge is 0.134 e. The number of halogens is 1. The number of nitriles is 2. The first-order valence-electron chi connectivity index (χ1n) is 7.18. The van der Waals surface area contributed by atoms with Crippen LogP contribution < -0.4 is 0 Å². The zero-order valence-electron chi connectivity index (χ0n) is 12.5. The predicted molar refractivity (Wildman–Crippen MR) is 88.7 cm³/mol. The van der Waals surface area contributed by atoms with E-state index < -0.39 is 5.82 Å². The Balaban J connectivity index is 1.94. The second-order valence-corrected chi connectivity index (χ2v) is 5.04. The minimum atomic E-state index is -0.454. The lowest BCUT2D eigenvalue weighted by Gasteiger charge is -2.00. The number of nitrogens with zero attached hydrogens (tertiary/aromatic N) is 2. The summed E-state index contributed by atoms with van der Waals surface area (Å²) in [5.41, 5.74) is 1.81. The van der Waals surface area contributed by atoms with Gasteiger partial charge in [-0.2, -0.15) is 10.5 Å². The van der Waals surface area contributed by atoms with Crippen molar-refractivity contribution in [2.24, 2.45) is 0 Å². The van der Waals surface area contributed by atoms with Crippen molar-refractivity contribution in [3.05, 3.63) is 83.4 Å². The zero-order chi connectivity index (χ0) is 16.9. The van der Waals surface area contributed by atoms with E-state index in [4.69, 9.17) is 9.68 Å². The second-order valence-electron chi connectivity index (χ2n) is 5.04. The molecule has 0 aliphatic rings. The lowest BCUT2D eigenvalue weighted by atomic mass is 10.1. The molecule has 0 atom stereocenters. The third kappa shape index (κ3) is 3.09. The Kier molecular flexibility index (Phi) is 4.23. The van der Waals surface area contributed by atoms with Crippen molar-refractivity contribution in [1.82, 2.24) is 0 Å². The molecule has 0 radical (unpaired) electrons. The van der Waals surface area contributed by atoms with Crippen LogP contribution >= 0.6 is 0 Å². The summed E-state index contributed by atoms with van der Waals surface area (Å²) in [5, 5.41) is 18.1. The van der Waals surface area contributed by atoms with Gasteiger partial charge in [-0.15, -0.1) is 0 Å². The van der Waals surface area contributed by atoms with Gasteiger partial charge in [0.25, 0.3) is 0 Å².